The van der Waals surface area contributed by atoms with Gasteiger partial charge in [-0.15, -0.1) is 0 Å². The Hall–Kier alpha value is -4.27. The topological polar surface area (TPSA) is 116 Å². The molecule has 196 valence electrons. The summed E-state index contributed by atoms with van der Waals surface area (Å²) in [7, 11) is 0. The summed E-state index contributed by atoms with van der Waals surface area (Å²) in [6, 6.07) is 14.0. The van der Waals surface area contributed by atoms with Crippen LogP contribution in [-0.2, 0) is 31.3 Å². The van der Waals surface area contributed by atoms with Gasteiger partial charge in [-0.2, -0.15) is 0 Å². The van der Waals surface area contributed by atoms with Crippen molar-refractivity contribution >= 4 is 41.3 Å². The van der Waals surface area contributed by atoms with Crippen LogP contribution in [0.4, 0.5) is 10.5 Å². The Morgan fingerprint density at radius 1 is 1.13 bits per heavy atom. The van der Waals surface area contributed by atoms with E-state index in [4.69, 9.17) is 0 Å². The van der Waals surface area contributed by atoms with Crippen LogP contribution >= 0.6 is 0 Å². The van der Waals surface area contributed by atoms with Gasteiger partial charge in [-0.1, -0.05) is 42.5 Å². The molecule has 1 saturated heterocycles. The predicted octanol–water partition coefficient (Wildman–Crippen LogP) is 3.21. The second kappa shape index (κ2) is 9.89. The smallest absolute Gasteiger partial charge is 0.326 e. The SMILES string of the molecule is CC(=O)CC(=O)Nc1ccc2c(c1)C=C[C@]21NC(=O)N(CC(=O)N(Cc2ccccc2)C(C)C2CC2)C1=O. The monoisotopic (exact) mass is 514 g/mol. The van der Waals surface area contributed by atoms with E-state index in [1.807, 2.05) is 37.3 Å². The number of fused-ring (bicyclic) bond motifs is 2. The van der Waals surface area contributed by atoms with Crippen LogP contribution in [0.5, 0.6) is 0 Å². The van der Waals surface area contributed by atoms with Crippen LogP contribution < -0.4 is 10.6 Å². The number of urea groups is 1. The second-order valence-electron chi connectivity index (χ2n) is 10.3. The fourth-order valence-electron chi connectivity index (χ4n) is 5.21. The van der Waals surface area contributed by atoms with Crippen LogP contribution in [0.2, 0.25) is 0 Å². The first-order valence-corrected chi connectivity index (χ1v) is 12.8. The Morgan fingerprint density at radius 2 is 1.87 bits per heavy atom. The lowest BCUT2D eigenvalue weighted by Crippen LogP contribution is -2.47. The minimum atomic E-state index is -1.40. The highest BCUT2D eigenvalue weighted by Crippen LogP contribution is 2.40. The summed E-state index contributed by atoms with van der Waals surface area (Å²) in [5.41, 5.74) is 1.27. The van der Waals surface area contributed by atoms with Crippen LogP contribution in [0, 0.1) is 5.92 Å². The third-order valence-corrected chi connectivity index (χ3v) is 7.42. The maximum absolute atomic E-state index is 13.6. The van der Waals surface area contributed by atoms with Crippen molar-refractivity contribution in [3.8, 4) is 0 Å². The summed E-state index contributed by atoms with van der Waals surface area (Å²) in [4.78, 5) is 66.1. The molecule has 2 fully saturated rings. The molecule has 1 unspecified atom stereocenters. The highest BCUT2D eigenvalue weighted by molar-refractivity contribution is 6.12. The lowest BCUT2D eigenvalue weighted by atomic mass is 9.91. The summed E-state index contributed by atoms with van der Waals surface area (Å²) < 4.78 is 0. The van der Waals surface area contributed by atoms with Crippen molar-refractivity contribution in [2.45, 2.75) is 51.2 Å². The van der Waals surface area contributed by atoms with Crippen LogP contribution in [-0.4, -0.2) is 51.9 Å². The summed E-state index contributed by atoms with van der Waals surface area (Å²) in [6.45, 7) is 3.42. The van der Waals surface area contributed by atoms with E-state index in [9.17, 15) is 24.0 Å². The molecule has 5 amide bonds. The molecule has 2 N–H and O–H groups in total. The highest BCUT2D eigenvalue weighted by Gasteiger charge is 2.54. The molecule has 5 rings (SSSR count). The zero-order valence-electron chi connectivity index (χ0n) is 21.4. The number of benzene rings is 2. The Bertz CT molecular complexity index is 1350. The predicted molar refractivity (Wildman–Crippen MR) is 141 cm³/mol. The van der Waals surface area contributed by atoms with Crippen molar-refractivity contribution in [3.63, 3.8) is 0 Å². The van der Waals surface area contributed by atoms with Crippen molar-refractivity contribution in [1.82, 2.24) is 15.1 Å². The molecule has 9 heteroatoms. The number of rotatable bonds is 9. The molecule has 38 heavy (non-hydrogen) atoms. The first-order valence-electron chi connectivity index (χ1n) is 12.8. The van der Waals surface area contributed by atoms with Crippen molar-refractivity contribution in [2.75, 3.05) is 11.9 Å². The van der Waals surface area contributed by atoms with Gasteiger partial charge >= 0.3 is 6.03 Å². The lowest BCUT2D eigenvalue weighted by Gasteiger charge is -2.31. The Kier molecular flexibility index (Phi) is 6.60. The molecule has 2 aliphatic carbocycles. The largest absolute Gasteiger partial charge is 0.334 e. The number of hydrogen-bond donors (Lipinski definition) is 2. The molecule has 2 atom stereocenters. The zero-order valence-corrected chi connectivity index (χ0v) is 21.4. The first kappa shape index (κ1) is 25.4. The average Bonchev–Trinajstić information content (AvgIpc) is 3.63. The molecule has 1 heterocycles. The van der Waals surface area contributed by atoms with E-state index in [0.29, 0.717) is 29.3 Å². The van der Waals surface area contributed by atoms with Gasteiger partial charge in [0.2, 0.25) is 11.8 Å². The number of Topliss-reactive ketones (excluding diaryl/α,β-unsaturated/α-hetero) is 1. The number of amides is 5. The van der Waals surface area contributed by atoms with Gasteiger partial charge in [-0.05, 0) is 67.5 Å². The number of carbonyl (C=O) groups excluding carboxylic acids is 5. The van der Waals surface area contributed by atoms with Crippen LogP contribution in [0.25, 0.3) is 6.08 Å². The van der Waals surface area contributed by atoms with E-state index in [0.717, 1.165) is 23.3 Å². The number of imide groups is 1. The molecule has 3 aliphatic rings. The molecule has 1 saturated carbocycles. The van der Waals surface area contributed by atoms with Gasteiger partial charge in [0.25, 0.3) is 5.91 Å². The van der Waals surface area contributed by atoms with Gasteiger partial charge in [-0.25, -0.2) is 4.79 Å². The minimum absolute atomic E-state index is 0.00108. The Balaban J connectivity index is 1.33. The van der Waals surface area contributed by atoms with Gasteiger partial charge in [0.15, 0.2) is 5.54 Å². The zero-order chi connectivity index (χ0) is 27.0. The van der Waals surface area contributed by atoms with E-state index >= 15 is 0 Å². The summed E-state index contributed by atoms with van der Waals surface area (Å²) in [6.07, 6.45) is 5.21. The number of nitrogens with one attached hydrogen (secondary N) is 2. The second-order valence-corrected chi connectivity index (χ2v) is 10.3. The van der Waals surface area contributed by atoms with E-state index in [1.165, 1.54) is 6.92 Å². The standard InChI is InChI=1S/C29H30N4O5/c1-18(34)14-25(35)30-23-10-11-24-22(15-23)12-13-29(24)27(37)33(28(38)31-29)17-26(36)32(19(2)21-8-9-21)16-20-6-4-3-5-7-20/h3-7,10-13,15,19,21H,8-9,14,16-17H2,1-2H3,(H,30,35)(H,31,38)/t19?,29-/m0/s1. The van der Waals surface area contributed by atoms with Gasteiger partial charge in [-0.3, -0.25) is 24.1 Å². The Morgan fingerprint density at radius 3 is 2.55 bits per heavy atom. The fourth-order valence-corrected chi connectivity index (χ4v) is 5.21. The molecule has 0 aromatic heterocycles. The molecule has 0 bridgehead atoms. The van der Waals surface area contributed by atoms with Crippen molar-refractivity contribution in [2.24, 2.45) is 5.92 Å². The Labute approximate surface area is 220 Å². The van der Waals surface area contributed by atoms with Crippen LogP contribution in [0.3, 0.4) is 0 Å². The third-order valence-electron chi connectivity index (χ3n) is 7.42. The summed E-state index contributed by atoms with van der Waals surface area (Å²) >= 11 is 0. The quantitative estimate of drug-likeness (QED) is 0.394. The molecule has 9 nitrogen and oxygen atoms in total. The number of carbonyl (C=O) groups is 5. The van der Waals surface area contributed by atoms with E-state index in [-0.39, 0.29) is 30.7 Å². The molecule has 2 aromatic carbocycles. The fraction of sp³-hybridized carbons (Fsp3) is 0.345. The number of hydrogen-bond acceptors (Lipinski definition) is 5. The number of nitrogens with zero attached hydrogens (tertiary/aromatic N) is 2. The average molecular weight is 515 g/mol. The van der Waals surface area contributed by atoms with Gasteiger partial charge < -0.3 is 15.5 Å². The van der Waals surface area contributed by atoms with Crippen molar-refractivity contribution in [3.05, 3.63) is 71.3 Å². The van der Waals surface area contributed by atoms with E-state index in [1.54, 1.807) is 35.3 Å². The van der Waals surface area contributed by atoms with Gasteiger partial charge in [0.1, 0.15) is 12.3 Å². The van der Waals surface area contributed by atoms with Crippen molar-refractivity contribution in [1.29, 1.82) is 0 Å². The molecule has 1 spiro atoms. The van der Waals surface area contributed by atoms with Gasteiger partial charge in [0.05, 0.1) is 6.42 Å². The summed E-state index contributed by atoms with van der Waals surface area (Å²) in [5.74, 6) is -1.04. The number of ketones is 1. The maximum Gasteiger partial charge on any atom is 0.326 e. The summed E-state index contributed by atoms with van der Waals surface area (Å²) in [5, 5.41) is 5.45. The normalized spacial score (nSPS) is 20.3. The first-order chi connectivity index (χ1) is 18.2. The van der Waals surface area contributed by atoms with Crippen LogP contribution in [0.15, 0.2) is 54.6 Å². The van der Waals surface area contributed by atoms with Crippen molar-refractivity contribution < 1.29 is 24.0 Å². The number of anilines is 1. The molecular formula is C29H30N4O5. The van der Waals surface area contributed by atoms with Crippen LogP contribution in [0.1, 0.15) is 49.8 Å². The molecule has 2 aromatic rings. The third kappa shape index (κ3) is 4.83. The lowest BCUT2D eigenvalue weighted by molar-refractivity contribution is -0.140. The van der Waals surface area contributed by atoms with Gasteiger partial charge in [0, 0.05) is 18.3 Å². The molecular weight excluding hydrogens is 484 g/mol. The molecule has 0 radical (unpaired) electrons. The van der Waals surface area contributed by atoms with E-state index in [2.05, 4.69) is 10.6 Å². The van der Waals surface area contributed by atoms with E-state index < -0.39 is 23.4 Å². The molecule has 1 aliphatic heterocycles. The minimum Gasteiger partial charge on any atom is -0.334 e. The highest BCUT2D eigenvalue weighted by atomic mass is 16.2. The maximum atomic E-state index is 13.6.